The Morgan fingerprint density at radius 3 is 2.25 bits per heavy atom. The Labute approximate surface area is 233 Å². The van der Waals surface area contributed by atoms with E-state index in [1.54, 1.807) is 6.20 Å². The summed E-state index contributed by atoms with van der Waals surface area (Å²) in [6.07, 6.45) is -0.979. The molecule has 3 heterocycles. The molecule has 0 spiro atoms. The molecule has 5 rings (SSSR count). The Balaban J connectivity index is 1.39. The third-order valence-corrected chi connectivity index (χ3v) is 8.45. The molecular formula is C29H40F3N7O. The number of anilines is 1. The van der Waals surface area contributed by atoms with Crippen molar-refractivity contribution in [2.24, 2.45) is 0 Å². The van der Waals surface area contributed by atoms with Gasteiger partial charge in [0.25, 0.3) is 0 Å². The lowest BCUT2D eigenvalue weighted by molar-refractivity contribution is -0.131. The van der Waals surface area contributed by atoms with Crippen LogP contribution in [-0.2, 0) is 0 Å². The first-order valence-electron chi connectivity index (χ1n) is 14.4. The quantitative estimate of drug-likeness (QED) is 0.381. The van der Waals surface area contributed by atoms with Crippen molar-refractivity contribution in [1.82, 2.24) is 29.5 Å². The molecule has 8 nitrogen and oxygen atoms in total. The molecule has 0 amide bonds. The van der Waals surface area contributed by atoms with E-state index in [0.29, 0.717) is 30.6 Å². The minimum atomic E-state index is -4.25. The Hall–Kier alpha value is -2.76. The summed E-state index contributed by atoms with van der Waals surface area (Å²) in [5, 5.41) is 18.5. The fourth-order valence-electron chi connectivity index (χ4n) is 5.87. The minimum absolute atomic E-state index is 0.0568. The van der Waals surface area contributed by atoms with Gasteiger partial charge in [0.05, 0.1) is 24.0 Å². The number of alkyl halides is 3. The van der Waals surface area contributed by atoms with E-state index in [0.717, 1.165) is 55.7 Å². The average molecular weight is 560 g/mol. The van der Waals surface area contributed by atoms with Crippen molar-refractivity contribution in [1.29, 1.82) is 0 Å². The molecule has 3 aromatic rings. The van der Waals surface area contributed by atoms with E-state index in [1.165, 1.54) is 5.56 Å². The predicted octanol–water partition coefficient (Wildman–Crippen LogP) is 5.42. The number of aromatic nitrogens is 4. The smallest absolute Gasteiger partial charge is 0.390 e. The van der Waals surface area contributed by atoms with E-state index in [9.17, 15) is 18.3 Å². The van der Waals surface area contributed by atoms with Gasteiger partial charge >= 0.3 is 6.18 Å². The summed E-state index contributed by atoms with van der Waals surface area (Å²) in [4.78, 5) is 14.0. The summed E-state index contributed by atoms with van der Waals surface area (Å²) in [5.41, 5.74) is 3.55. The molecule has 1 aromatic carbocycles. The van der Waals surface area contributed by atoms with Gasteiger partial charge in [0, 0.05) is 56.6 Å². The summed E-state index contributed by atoms with van der Waals surface area (Å²) >= 11 is 0. The molecule has 1 unspecified atom stereocenters. The molecule has 1 aliphatic carbocycles. The van der Waals surface area contributed by atoms with Gasteiger partial charge in [-0.15, -0.1) is 0 Å². The first-order valence-corrected chi connectivity index (χ1v) is 14.4. The highest BCUT2D eigenvalue weighted by Gasteiger charge is 2.28. The van der Waals surface area contributed by atoms with Crippen LogP contribution in [-0.4, -0.2) is 85.7 Å². The Kier molecular flexibility index (Phi) is 8.63. The van der Waals surface area contributed by atoms with Crippen LogP contribution < -0.4 is 5.32 Å². The monoisotopic (exact) mass is 559 g/mol. The number of aliphatic hydroxyl groups excluding tert-OH is 1. The number of halogens is 3. The standard InChI is InChI=1S/C29H40F3N7O/c1-19(2)37-14-16-38(17-15-37)20(3)21-4-6-22(7-5-21)26-25-18-34-28(33-13-12-29(30,31)32)35-27(25)39(36-26)23-8-10-24(40)11-9-23/h4-7,18-20,23-24,40H,8-17H2,1-3H3,(H,33,34,35)/t20?,23-,24-. The third kappa shape index (κ3) is 6.58. The summed E-state index contributed by atoms with van der Waals surface area (Å²) in [6, 6.07) is 9.42. The van der Waals surface area contributed by atoms with E-state index in [-0.39, 0.29) is 24.6 Å². The molecule has 2 fully saturated rings. The fraction of sp³-hybridized carbons (Fsp3) is 0.621. The van der Waals surface area contributed by atoms with E-state index >= 15 is 0 Å². The van der Waals surface area contributed by atoms with Gasteiger partial charge in [0.15, 0.2) is 5.65 Å². The number of piperazine rings is 1. The topological polar surface area (TPSA) is 82.3 Å². The Bertz CT molecular complexity index is 1260. The normalized spacial score (nSPS) is 22.2. The Morgan fingerprint density at radius 2 is 1.62 bits per heavy atom. The maximum atomic E-state index is 12.6. The van der Waals surface area contributed by atoms with Crippen LogP contribution in [0, 0.1) is 0 Å². The number of hydrogen-bond acceptors (Lipinski definition) is 7. The molecule has 1 saturated carbocycles. The first-order chi connectivity index (χ1) is 19.1. The van der Waals surface area contributed by atoms with E-state index in [1.807, 2.05) is 4.68 Å². The van der Waals surface area contributed by atoms with Crippen molar-refractivity contribution in [2.45, 2.75) is 83.3 Å². The molecule has 40 heavy (non-hydrogen) atoms. The second-order valence-corrected chi connectivity index (χ2v) is 11.4. The van der Waals surface area contributed by atoms with Gasteiger partial charge in [-0.25, -0.2) is 9.67 Å². The zero-order valence-electron chi connectivity index (χ0n) is 23.5. The van der Waals surface area contributed by atoms with Crippen molar-refractivity contribution < 1.29 is 18.3 Å². The third-order valence-electron chi connectivity index (χ3n) is 8.45. The number of rotatable bonds is 8. The maximum Gasteiger partial charge on any atom is 0.390 e. The van der Waals surface area contributed by atoms with Crippen LogP contribution in [0.5, 0.6) is 0 Å². The highest BCUT2D eigenvalue weighted by Crippen LogP contribution is 2.35. The summed E-state index contributed by atoms with van der Waals surface area (Å²) in [6.45, 7) is 10.7. The second kappa shape index (κ2) is 12.0. The van der Waals surface area contributed by atoms with Crippen molar-refractivity contribution in [3.63, 3.8) is 0 Å². The van der Waals surface area contributed by atoms with E-state index in [2.05, 4.69) is 70.1 Å². The maximum absolute atomic E-state index is 12.6. The van der Waals surface area contributed by atoms with Gasteiger partial charge in [0.2, 0.25) is 5.95 Å². The number of aliphatic hydroxyl groups is 1. The molecule has 2 aromatic heterocycles. The molecule has 2 aliphatic rings. The number of benzene rings is 1. The molecule has 1 atom stereocenters. The van der Waals surface area contributed by atoms with Crippen LogP contribution in [0.25, 0.3) is 22.3 Å². The van der Waals surface area contributed by atoms with Gasteiger partial charge in [-0.05, 0) is 52.0 Å². The van der Waals surface area contributed by atoms with E-state index in [4.69, 9.17) is 5.10 Å². The minimum Gasteiger partial charge on any atom is -0.393 e. The van der Waals surface area contributed by atoms with Crippen molar-refractivity contribution in [2.75, 3.05) is 38.0 Å². The SMILES string of the molecule is CC(C)N1CCN(C(C)c2ccc(-c3nn([C@H]4CC[C@H](O)CC4)c4nc(NCCC(F)(F)F)ncc34)cc2)CC1. The van der Waals surface area contributed by atoms with Gasteiger partial charge in [0.1, 0.15) is 5.69 Å². The lowest BCUT2D eigenvalue weighted by Gasteiger charge is -2.40. The highest BCUT2D eigenvalue weighted by molar-refractivity contribution is 5.91. The van der Waals surface area contributed by atoms with Crippen LogP contribution in [0.3, 0.4) is 0 Å². The number of nitrogens with one attached hydrogen (secondary N) is 1. The molecule has 0 radical (unpaired) electrons. The molecule has 1 aliphatic heterocycles. The molecule has 218 valence electrons. The molecule has 0 bridgehead atoms. The largest absolute Gasteiger partial charge is 0.393 e. The summed E-state index contributed by atoms with van der Waals surface area (Å²) in [5.74, 6) is 0.155. The van der Waals surface area contributed by atoms with Gasteiger partial charge in [-0.1, -0.05) is 24.3 Å². The van der Waals surface area contributed by atoms with Crippen LogP contribution in [0.2, 0.25) is 0 Å². The van der Waals surface area contributed by atoms with Crippen molar-refractivity contribution in [3.8, 4) is 11.3 Å². The summed E-state index contributed by atoms with van der Waals surface area (Å²) in [7, 11) is 0. The van der Waals surface area contributed by atoms with Gasteiger partial charge in [-0.3, -0.25) is 9.80 Å². The lowest BCUT2D eigenvalue weighted by Crippen LogP contribution is -2.49. The van der Waals surface area contributed by atoms with Crippen LogP contribution in [0.15, 0.2) is 30.5 Å². The molecule has 1 saturated heterocycles. The van der Waals surface area contributed by atoms with Gasteiger partial charge < -0.3 is 10.4 Å². The van der Waals surface area contributed by atoms with Crippen molar-refractivity contribution >= 4 is 17.0 Å². The number of hydrogen-bond donors (Lipinski definition) is 2. The van der Waals surface area contributed by atoms with Crippen LogP contribution in [0.1, 0.15) is 70.5 Å². The number of nitrogens with zero attached hydrogens (tertiary/aromatic N) is 6. The fourth-order valence-corrected chi connectivity index (χ4v) is 5.87. The molecule has 11 heteroatoms. The van der Waals surface area contributed by atoms with Crippen LogP contribution >= 0.6 is 0 Å². The predicted molar refractivity (Wildman–Crippen MR) is 150 cm³/mol. The summed E-state index contributed by atoms with van der Waals surface area (Å²) < 4.78 is 39.8. The van der Waals surface area contributed by atoms with Crippen molar-refractivity contribution in [3.05, 3.63) is 36.0 Å². The second-order valence-electron chi connectivity index (χ2n) is 11.4. The van der Waals surface area contributed by atoms with E-state index < -0.39 is 12.6 Å². The Morgan fingerprint density at radius 1 is 0.975 bits per heavy atom. The highest BCUT2D eigenvalue weighted by atomic mass is 19.4. The first kappa shape index (κ1) is 28.8. The molecular weight excluding hydrogens is 519 g/mol. The number of fused-ring (bicyclic) bond motifs is 1. The zero-order valence-corrected chi connectivity index (χ0v) is 23.5. The average Bonchev–Trinajstić information content (AvgIpc) is 3.31. The lowest BCUT2D eigenvalue weighted by atomic mass is 9.93. The van der Waals surface area contributed by atoms with Crippen LogP contribution in [0.4, 0.5) is 19.1 Å². The zero-order chi connectivity index (χ0) is 28.4. The molecule has 2 N–H and O–H groups in total. The van der Waals surface area contributed by atoms with Gasteiger partial charge in [-0.2, -0.15) is 23.3 Å².